The first kappa shape index (κ1) is 21.2. The number of aryl methyl sites for hydroxylation is 1. The van der Waals surface area contributed by atoms with E-state index in [1.807, 2.05) is 0 Å². The fourth-order valence-electron chi connectivity index (χ4n) is 2.76. The molecule has 0 saturated heterocycles. The van der Waals surface area contributed by atoms with E-state index in [1.165, 1.54) is 5.56 Å². The van der Waals surface area contributed by atoms with Crippen molar-refractivity contribution in [2.24, 2.45) is 0 Å². The Hall–Kier alpha value is -0.843. The third-order valence-electron chi connectivity index (χ3n) is 4.17. The molecule has 1 aromatic rings. The molecule has 1 rings (SSSR count). The Labute approximate surface area is 150 Å². The van der Waals surface area contributed by atoms with E-state index in [2.05, 4.69) is 53.7 Å². The summed E-state index contributed by atoms with van der Waals surface area (Å²) in [6, 6.07) is 5.44. The summed E-state index contributed by atoms with van der Waals surface area (Å²) in [7, 11) is 4.03. The van der Waals surface area contributed by atoms with Crippen molar-refractivity contribution >= 4 is 9.52 Å². The van der Waals surface area contributed by atoms with Crippen molar-refractivity contribution in [3.63, 3.8) is 0 Å². The van der Waals surface area contributed by atoms with Gasteiger partial charge in [0.1, 0.15) is 21.2 Å². The largest absolute Gasteiger partial charge is 0.507 e. The normalized spacial score (nSPS) is 12.9. The molecule has 0 atom stereocenters. The zero-order chi connectivity index (χ0) is 18.5. The van der Waals surface area contributed by atoms with Gasteiger partial charge in [-0.3, -0.25) is 0 Å². The minimum absolute atomic E-state index is 0.0704. The van der Waals surface area contributed by atoms with Crippen LogP contribution >= 0.6 is 0 Å². The van der Waals surface area contributed by atoms with Gasteiger partial charge < -0.3 is 14.6 Å². The average Bonchev–Trinajstić information content (AvgIpc) is 2.46. The molecule has 24 heavy (non-hydrogen) atoms. The van der Waals surface area contributed by atoms with E-state index in [0.29, 0.717) is 15.3 Å². The van der Waals surface area contributed by atoms with Crippen molar-refractivity contribution in [2.45, 2.75) is 77.2 Å². The fourth-order valence-corrected chi connectivity index (χ4v) is 3.71. The maximum absolute atomic E-state index is 10.8. The highest BCUT2D eigenvalue weighted by atomic mass is 28.2. The Morgan fingerprint density at radius 3 is 1.79 bits per heavy atom. The molecule has 0 saturated carbocycles. The van der Waals surface area contributed by atoms with Gasteiger partial charge >= 0.3 is 0 Å². The summed E-state index contributed by atoms with van der Waals surface area (Å²) in [5.74, 6) is 0.375. The number of rotatable bonds is 7. The van der Waals surface area contributed by atoms with Crippen LogP contribution in [-0.4, -0.2) is 34.8 Å². The standard InChI is InChI=1S/C20H34O3Si/c1-19(2,3)15-12-14(10-9-11-24-18(22-7)23-8)13-16(17(15)21)20(4,5)6/h12-13,18,21H,9-11H2,1-8H3. The summed E-state index contributed by atoms with van der Waals surface area (Å²) in [5, 5.41) is 10.8. The van der Waals surface area contributed by atoms with Crippen molar-refractivity contribution in [1.29, 1.82) is 0 Å². The van der Waals surface area contributed by atoms with Crippen molar-refractivity contribution in [2.75, 3.05) is 14.2 Å². The zero-order valence-corrected chi connectivity index (χ0v) is 17.6. The molecule has 0 aliphatic carbocycles. The van der Waals surface area contributed by atoms with Crippen LogP contribution in [0.3, 0.4) is 0 Å². The van der Waals surface area contributed by atoms with Gasteiger partial charge in [-0.25, -0.2) is 0 Å². The minimum atomic E-state index is -0.0832. The number of hydrogen-bond donors (Lipinski definition) is 1. The Morgan fingerprint density at radius 1 is 0.958 bits per heavy atom. The van der Waals surface area contributed by atoms with Crippen LogP contribution in [0.1, 0.15) is 64.7 Å². The predicted molar refractivity (Wildman–Crippen MR) is 102 cm³/mol. The number of phenolic OH excluding ortho intramolecular Hbond substituents is 1. The van der Waals surface area contributed by atoms with Gasteiger partial charge in [-0.15, -0.1) is 0 Å². The predicted octanol–water partition coefficient (Wildman–Crippen LogP) is 4.62. The molecular formula is C20H34O3Si. The molecule has 3 nitrogen and oxygen atoms in total. The molecule has 136 valence electrons. The van der Waals surface area contributed by atoms with Crippen LogP contribution in [0.5, 0.6) is 5.75 Å². The number of ether oxygens (including phenoxy) is 2. The van der Waals surface area contributed by atoms with Crippen LogP contribution in [0.25, 0.3) is 0 Å². The number of aromatic hydroxyl groups is 1. The van der Waals surface area contributed by atoms with Gasteiger partial charge in [0.25, 0.3) is 0 Å². The molecule has 4 heteroatoms. The summed E-state index contributed by atoms with van der Waals surface area (Å²) in [6.07, 6.45) is 2.11. The smallest absolute Gasteiger partial charge is 0.136 e. The minimum Gasteiger partial charge on any atom is -0.507 e. The van der Waals surface area contributed by atoms with Gasteiger partial charge in [0.05, 0.1) is 0 Å². The first-order chi connectivity index (χ1) is 11.0. The van der Waals surface area contributed by atoms with Crippen LogP contribution < -0.4 is 0 Å². The van der Waals surface area contributed by atoms with E-state index in [1.54, 1.807) is 14.2 Å². The number of methoxy groups -OCH3 is 2. The van der Waals surface area contributed by atoms with Crippen LogP contribution in [0.4, 0.5) is 0 Å². The molecule has 0 aliphatic heterocycles. The molecule has 2 radical (unpaired) electrons. The Bertz CT molecular complexity index is 488. The number of benzene rings is 1. The molecule has 1 aromatic carbocycles. The van der Waals surface area contributed by atoms with Gasteiger partial charge in [-0.1, -0.05) is 66.1 Å². The van der Waals surface area contributed by atoms with Gasteiger partial charge in [0.2, 0.25) is 0 Å². The second-order valence-corrected chi connectivity index (χ2v) is 9.78. The Balaban J connectivity index is 2.95. The summed E-state index contributed by atoms with van der Waals surface area (Å²) >= 11 is 0. The molecule has 1 N–H and O–H groups in total. The highest BCUT2D eigenvalue weighted by Gasteiger charge is 2.26. The number of hydrogen-bond acceptors (Lipinski definition) is 3. The van der Waals surface area contributed by atoms with Gasteiger partial charge in [0.15, 0.2) is 0 Å². The first-order valence-electron chi connectivity index (χ1n) is 8.66. The van der Waals surface area contributed by atoms with Crippen LogP contribution in [-0.2, 0) is 26.7 Å². The molecular weight excluding hydrogens is 316 g/mol. The van der Waals surface area contributed by atoms with Crippen molar-refractivity contribution in [1.82, 2.24) is 0 Å². The van der Waals surface area contributed by atoms with Crippen molar-refractivity contribution in [3.05, 3.63) is 28.8 Å². The monoisotopic (exact) mass is 350 g/mol. The third-order valence-corrected chi connectivity index (χ3v) is 5.61. The second kappa shape index (κ2) is 8.50. The maximum atomic E-state index is 10.8. The fraction of sp³-hybridized carbons (Fsp3) is 0.700. The van der Waals surface area contributed by atoms with Crippen molar-refractivity contribution in [3.8, 4) is 5.75 Å². The van der Waals surface area contributed by atoms with E-state index in [9.17, 15) is 5.11 Å². The van der Waals surface area contributed by atoms with E-state index in [4.69, 9.17) is 9.47 Å². The Kier molecular flexibility index (Phi) is 7.51. The lowest BCUT2D eigenvalue weighted by atomic mass is 9.78. The molecule has 0 aliphatic rings. The molecule has 0 heterocycles. The van der Waals surface area contributed by atoms with Crippen LogP contribution in [0, 0.1) is 0 Å². The lowest BCUT2D eigenvalue weighted by Gasteiger charge is -2.28. The average molecular weight is 351 g/mol. The maximum Gasteiger partial charge on any atom is 0.136 e. The summed E-state index contributed by atoms with van der Waals surface area (Å²) in [5.41, 5.74) is 3.25. The van der Waals surface area contributed by atoms with Gasteiger partial charge in [-0.05, 0) is 33.9 Å². The first-order valence-corrected chi connectivity index (χ1v) is 9.95. The highest BCUT2D eigenvalue weighted by molar-refractivity contribution is 6.36. The highest BCUT2D eigenvalue weighted by Crippen LogP contribution is 2.40. The molecule has 0 aromatic heterocycles. The molecule has 0 unspecified atom stereocenters. The molecule has 0 spiro atoms. The molecule has 0 fully saturated rings. The van der Waals surface area contributed by atoms with E-state index in [0.717, 1.165) is 30.0 Å². The van der Waals surface area contributed by atoms with Crippen LogP contribution in [0.2, 0.25) is 6.04 Å². The second-order valence-electron chi connectivity index (χ2n) is 8.40. The quantitative estimate of drug-likeness (QED) is 0.443. The number of phenols is 1. The van der Waals surface area contributed by atoms with Crippen molar-refractivity contribution < 1.29 is 14.6 Å². The molecule has 0 amide bonds. The van der Waals surface area contributed by atoms with Gasteiger partial charge in [-0.2, -0.15) is 0 Å². The summed E-state index contributed by atoms with van der Waals surface area (Å²) < 4.78 is 10.5. The van der Waals surface area contributed by atoms with E-state index in [-0.39, 0.29) is 16.7 Å². The topological polar surface area (TPSA) is 38.7 Å². The zero-order valence-electron chi connectivity index (χ0n) is 16.6. The van der Waals surface area contributed by atoms with E-state index < -0.39 is 0 Å². The van der Waals surface area contributed by atoms with Gasteiger partial charge in [0, 0.05) is 14.2 Å². The lowest BCUT2D eigenvalue weighted by Crippen LogP contribution is -2.21. The summed E-state index contributed by atoms with van der Waals surface area (Å²) in [4.78, 5) is 0. The van der Waals surface area contributed by atoms with E-state index >= 15 is 0 Å². The third kappa shape index (κ3) is 5.90. The summed E-state index contributed by atoms with van der Waals surface area (Å²) in [6.45, 7) is 12.9. The van der Waals surface area contributed by atoms with Crippen LogP contribution in [0.15, 0.2) is 12.1 Å². The SMILES string of the molecule is COC(OC)[Si]CCCc1cc(C(C)(C)C)c(O)c(C(C)(C)C)c1. The lowest BCUT2D eigenvalue weighted by molar-refractivity contribution is -0.0441. The molecule has 0 bridgehead atoms. The Morgan fingerprint density at radius 2 is 1.42 bits per heavy atom.